The predicted molar refractivity (Wildman–Crippen MR) is 107 cm³/mol. The lowest BCUT2D eigenvalue weighted by molar-refractivity contribution is -0.136. The van der Waals surface area contributed by atoms with E-state index in [1.165, 1.54) is 19.2 Å². The van der Waals surface area contributed by atoms with Crippen molar-refractivity contribution in [2.75, 3.05) is 13.7 Å². The highest BCUT2D eigenvalue weighted by atomic mass is 32.2. The third-order valence-electron chi connectivity index (χ3n) is 4.19. The van der Waals surface area contributed by atoms with Crippen LogP contribution in [-0.2, 0) is 26.1 Å². The number of primary sulfonamides is 1. The van der Waals surface area contributed by atoms with Crippen molar-refractivity contribution in [2.24, 2.45) is 5.14 Å². The van der Waals surface area contributed by atoms with Crippen LogP contribution in [-0.4, -0.2) is 45.0 Å². The first-order chi connectivity index (χ1) is 13.6. The summed E-state index contributed by atoms with van der Waals surface area (Å²) in [6.07, 6.45) is 0. The lowest BCUT2D eigenvalue weighted by Crippen LogP contribution is -2.39. The molecule has 0 aliphatic heterocycles. The van der Waals surface area contributed by atoms with Crippen molar-refractivity contribution in [3.63, 3.8) is 0 Å². The molecule has 0 atom stereocenters. The minimum absolute atomic E-state index is 0.110. The Kier molecular flexibility index (Phi) is 7.35. The van der Waals surface area contributed by atoms with Crippen molar-refractivity contribution in [3.8, 4) is 5.75 Å². The summed E-state index contributed by atoms with van der Waals surface area (Å²) in [7, 11) is -2.69. The van der Waals surface area contributed by atoms with Crippen molar-refractivity contribution < 1.29 is 27.5 Å². The monoisotopic (exact) mass is 420 g/mol. The van der Waals surface area contributed by atoms with Crippen LogP contribution < -0.4 is 9.88 Å². The summed E-state index contributed by atoms with van der Waals surface area (Å²) in [6.45, 7) is 3.61. The van der Waals surface area contributed by atoms with Crippen LogP contribution in [0.4, 0.5) is 0 Å². The van der Waals surface area contributed by atoms with Crippen molar-refractivity contribution in [2.45, 2.75) is 31.3 Å². The molecule has 29 heavy (non-hydrogen) atoms. The number of carbonyl (C=O) groups is 2. The highest BCUT2D eigenvalue weighted by Gasteiger charge is 2.22. The molecular formula is C20H24N2O6S. The van der Waals surface area contributed by atoms with Gasteiger partial charge in [0.2, 0.25) is 10.0 Å². The van der Waals surface area contributed by atoms with Gasteiger partial charge in [0, 0.05) is 12.6 Å². The summed E-state index contributed by atoms with van der Waals surface area (Å²) >= 11 is 0. The minimum atomic E-state index is -4.01. The fraction of sp³-hybridized carbons (Fsp3) is 0.300. The normalized spacial score (nSPS) is 11.2. The Morgan fingerprint density at radius 1 is 1.10 bits per heavy atom. The quantitative estimate of drug-likeness (QED) is 0.653. The number of esters is 1. The molecule has 0 heterocycles. The molecule has 0 saturated carbocycles. The summed E-state index contributed by atoms with van der Waals surface area (Å²) < 4.78 is 33.3. The van der Waals surface area contributed by atoms with Gasteiger partial charge in [-0.3, -0.25) is 4.79 Å². The van der Waals surface area contributed by atoms with Crippen LogP contribution >= 0.6 is 0 Å². The second-order valence-electron chi connectivity index (χ2n) is 6.58. The van der Waals surface area contributed by atoms with E-state index in [-0.39, 0.29) is 28.2 Å². The van der Waals surface area contributed by atoms with E-state index in [1.807, 2.05) is 44.2 Å². The molecule has 0 aliphatic rings. The van der Waals surface area contributed by atoms with Crippen LogP contribution in [0, 0.1) is 0 Å². The second-order valence-corrected chi connectivity index (χ2v) is 8.15. The maximum atomic E-state index is 12.6. The molecule has 0 unspecified atom stereocenters. The molecule has 2 rings (SSSR count). The number of carbonyl (C=O) groups excluding carboxylic acids is 2. The molecular weight excluding hydrogens is 396 g/mol. The summed E-state index contributed by atoms with van der Waals surface area (Å²) in [6, 6.07) is 12.9. The van der Waals surface area contributed by atoms with Gasteiger partial charge in [0.25, 0.3) is 5.91 Å². The molecule has 0 fully saturated rings. The van der Waals surface area contributed by atoms with Gasteiger partial charge >= 0.3 is 5.97 Å². The van der Waals surface area contributed by atoms with E-state index in [0.717, 1.165) is 11.6 Å². The van der Waals surface area contributed by atoms with Crippen molar-refractivity contribution in [3.05, 3.63) is 59.7 Å². The zero-order valence-corrected chi connectivity index (χ0v) is 17.3. The number of nitrogens with zero attached hydrogens (tertiary/aromatic N) is 1. The molecule has 1 amide bonds. The average Bonchev–Trinajstić information content (AvgIpc) is 2.69. The van der Waals surface area contributed by atoms with Crippen LogP contribution in [0.3, 0.4) is 0 Å². The van der Waals surface area contributed by atoms with Crippen LogP contribution in [0.5, 0.6) is 5.75 Å². The van der Waals surface area contributed by atoms with Crippen LogP contribution in [0.15, 0.2) is 53.4 Å². The number of sulfonamides is 1. The van der Waals surface area contributed by atoms with E-state index in [2.05, 4.69) is 0 Å². The molecule has 0 aromatic heterocycles. The lowest BCUT2D eigenvalue weighted by Gasteiger charge is -2.26. The van der Waals surface area contributed by atoms with Gasteiger partial charge in [-0.05, 0) is 37.6 Å². The van der Waals surface area contributed by atoms with E-state index in [4.69, 9.17) is 14.6 Å². The molecule has 8 nitrogen and oxygen atoms in total. The van der Waals surface area contributed by atoms with Gasteiger partial charge in [-0.1, -0.05) is 30.3 Å². The van der Waals surface area contributed by atoms with Gasteiger partial charge in [0.1, 0.15) is 11.3 Å². The fourth-order valence-corrected chi connectivity index (χ4v) is 3.19. The van der Waals surface area contributed by atoms with E-state index < -0.39 is 22.6 Å². The SMILES string of the molecule is COc1ccc(S(N)(=O)=O)cc1C(=O)OCC(=O)N(Cc1ccccc1)C(C)C. The molecule has 2 aromatic rings. The van der Waals surface area contributed by atoms with Crippen molar-refractivity contribution in [1.82, 2.24) is 4.90 Å². The largest absolute Gasteiger partial charge is 0.496 e. The number of ether oxygens (including phenoxy) is 2. The predicted octanol–water partition coefficient (Wildman–Crippen LogP) is 1.94. The number of nitrogens with two attached hydrogens (primary N) is 1. The van der Waals surface area contributed by atoms with Crippen molar-refractivity contribution in [1.29, 1.82) is 0 Å². The number of rotatable bonds is 8. The number of amides is 1. The standard InChI is InChI=1S/C20H24N2O6S/c1-14(2)22(12-15-7-5-4-6-8-15)19(23)13-28-20(24)17-11-16(29(21,25)26)9-10-18(17)27-3/h4-11,14H,12-13H2,1-3H3,(H2,21,25,26). The molecule has 0 saturated heterocycles. The summed E-state index contributed by atoms with van der Waals surface area (Å²) in [5, 5.41) is 5.10. The summed E-state index contributed by atoms with van der Waals surface area (Å²) in [5.74, 6) is -1.15. The smallest absolute Gasteiger partial charge is 0.342 e. The number of hydrogen-bond donors (Lipinski definition) is 1. The minimum Gasteiger partial charge on any atom is -0.496 e. The molecule has 0 bridgehead atoms. The molecule has 2 N–H and O–H groups in total. The maximum Gasteiger partial charge on any atom is 0.342 e. The number of methoxy groups -OCH3 is 1. The fourth-order valence-electron chi connectivity index (χ4n) is 2.65. The Morgan fingerprint density at radius 2 is 1.76 bits per heavy atom. The molecule has 0 aliphatic carbocycles. The lowest BCUT2D eigenvalue weighted by atomic mass is 10.2. The highest BCUT2D eigenvalue weighted by Crippen LogP contribution is 2.23. The Bertz CT molecular complexity index is 974. The zero-order valence-electron chi connectivity index (χ0n) is 16.5. The van der Waals surface area contributed by atoms with Gasteiger partial charge in [-0.15, -0.1) is 0 Å². The van der Waals surface area contributed by atoms with Gasteiger partial charge in [-0.25, -0.2) is 18.4 Å². The third-order valence-corrected chi connectivity index (χ3v) is 5.10. The molecule has 9 heteroatoms. The Balaban J connectivity index is 2.13. The van der Waals surface area contributed by atoms with E-state index in [0.29, 0.717) is 6.54 Å². The third kappa shape index (κ3) is 6.03. The zero-order chi connectivity index (χ0) is 21.6. The Morgan fingerprint density at radius 3 is 2.31 bits per heavy atom. The molecule has 0 spiro atoms. The first-order valence-electron chi connectivity index (χ1n) is 8.85. The maximum absolute atomic E-state index is 12.6. The van der Waals surface area contributed by atoms with E-state index in [9.17, 15) is 18.0 Å². The summed E-state index contributed by atoms with van der Waals surface area (Å²) in [4.78, 5) is 26.4. The summed E-state index contributed by atoms with van der Waals surface area (Å²) in [5.41, 5.74) is 0.814. The van der Waals surface area contributed by atoms with E-state index in [1.54, 1.807) is 4.90 Å². The van der Waals surface area contributed by atoms with Gasteiger partial charge < -0.3 is 14.4 Å². The van der Waals surface area contributed by atoms with Gasteiger partial charge in [0.05, 0.1) is 12.0 Å². The van der Waals surface area contributed by atoms with Crippen LogP contribution in [0.1, 0.15) is 29.8 Å². The topological polar surface area (TPSA) is 116 Å². The van der Waals surface area contributed by atoms with Crippen LogP contribution in [0.2, 0.25) is 0 Å². The second kappa shape index (κ2) is 9.53. The first kappa shape index (κ1) is 22.4. The van der Waals surface area contributed by atoms with Gasteiger partial charge in [0.15, 0.2) is 6.61 Å². The highest BCUT2D eigenvalue weighted by molar-refractivity contribution is 7.89. The van der Waals surface area contributed by atoms with Crippen LogP contribution in [0.25, 0.3) is 0 Å². The Hall–Kier alpha value is -2.91. The first-order valence-corrected chi connectivity index (χ1v) is 10.4. The molecule has 0 radical (unpaired) electrons. The number of benzene rings is 2. The number of hydrogen-bond acceptors (Lipinski definition) is 6. The molecule has 156 valence electrons. The van der Waals surface area contributed by atoms with E-state index >= 15 is 0 Å². The Labute approximate surface area is 170 Å². The van der Waals surface area contributed by atoms with Crippen molar-refractivity contribution >= 4 is 21.9 Å². The average molecular weight is 420 g/mol. The van der Waals surface area contributed by atoms with Gasteiger partial charge in [-0.2, -0.15) is 0 Å². The molecule has 2 aromatic carbocycles.